The molecule has 3 heteroatoms. The predicted octanol–water partition coefficient (Wildman–Crippen LogP) is 3.57. The van der Waals surface area contributed by atoms with E-state index in [0.29, 0.717) is 0 Å². The van der Waals surface area contributed by atoms with Crippen LogP contribution in [-0.2, 0) is 6.42 Å². The van der Waals surface area contributed by atoms with E-state index in [1.165, 1.54) is 33.6 Å². The molecule has 1 aromatic carbocycles. The van der Waals surface area contributed by atoms with Gasteiger partial charge >= 0.3 is 0 Å². The minimum absolute atomic E-state index is 1.05. The molecule has 0 fully saturated rings. The Kier molecular flexibility index (Phi) is 4.84. The lowest BCUT2D eigenvalue weighted by molar-refractivity contribution is 0.720. The van der Waals surface area contributed by atoms with Crippen LogP contribution in [0.2, 0.25) is 0 Å². The maximum Gasteiger partial charge on any atom is 0.0707 e. The first-order chi connectivity index (χ1) is 9.95. The molecule has 1 heterocycles. The summed E-state index contributed by atoms with van der Waals surface area (Å²) < 4.78 is 2.13. The molecular formula is C18H27N3. The van der Waals surface area contributed by atoms with Crippen LogP contribution < -0.4 is 5.32 Å². The third kappa shape index (κ3) is 3.18. The number of hydrogen-bond acceptors (Lipinski definition) is 2. The quantitative estimate of drug-likeness (QED) is 0.851. The molecule has 0 radical (unpaired) electrons. The highest BCUT2D eigenvalue weighted by molar-refractivity contribution is 5.50. The van der Waals surface area contributed by atoms with Crippen molar-refractivity contribution >= 4 is 0 Å². The molecule has 2 rings (SSSR count). The fraction of sp³-hybridized carbons (Fsp3) is 0.500. The number of nitrogens with zero attached hydrogens (tertiary/aromatic N) is 2. The average molecular weight is 285 g/mol. The molecule has 0 unspecified atom stereocenters. The molecule has 2 aromatic rings. The van der Waals surface area contributed by atoms with Crippen LogP contribution in [0.1, 0.15) is 40.1 Å². The Morgan fingerprint density at radius 1 is 1.05 bits per heavy atom. The Hall–Kier alpha value is -1.61. The number of benzene rings is 1. The molecule has 0 spiro atoms. The van der Waals surface area contributed by atoms with Crippen molar-refractivity contribution < 1.29 is 0 Å². The summed E-state index contributed by atoms with van der Waals surface area (Å²) in [6.07, 6.45) is 2.23. The van der Waals surface area contributed by atoms with Gasteiger partial charge in [0.1, 0.15) is 0 Å². The van der Waals surface area contributed by atoms with Crippen molar-refractivity contribution in [1.29, 1.82) is 0 Å². The molecule has 21 heavy (non-hydrogen) atoms. The van der Waals surface area contributed by atoms with Crippen LogP contribution >= 0.6 is 0 Å². The lowest BCUT2D eigenvalue weighted by Crippen LogP contribution is -2.09. The Morgan fingerprint density at radius 3 is 2.24 bits per heavy atom. The first kappa shape index (κ1) is 15.8. The van der Waals surface area contributed by atoms with Crippen LogP contribution in [0.15, 0.2) is 12.1 Å². The molecule has 0 amide bonds. The number of aryl methyl sites for hydroxylation is 4. The van der Waals surface area contributed by atoms with E-state index in [9.17, 15) is 0 Å². The lowest BCUT2D eigenvalue weighted by atomic mass is 10.0. The van der Waals surface area contributed by atoms with E-state index in [1.807, 2.05) is 7.05 Å². The fourth-order valence-electron chi connectivity index (χ4n) is 3.20. The van der Waals surface area contributed by atoms with Crippen molar-refractivity contribution in [2.75, 3.05) is 13.6 Å². The van der Waals surface area contributed by atoms with E-state index < -0.39 is 0 Å². The second-order valence-corrected chi connectivity index (χ2v) is 6.02. The highest BCUT2D eigenvalue weighted by Gasteiger charge is 2.15. The lowest BCUT2D eigenvalue weighted by Gasteiger charge is -2.13. The van der Waals surface area contributed by atoms with Gasteiger partial charge in [0.15, 0.2) is 0 Å². The standard InChI is InChI=1S/C18H27N3/c1-12-10-13(2)18(14(3)11-12)21-16(5)17(15(4)20-21)8-7-9-19-6/h10-11,19H,7-9H2,1-6H3. The summed E-state index contributed by atoms with van der Waals surface area (Å²) >= 11 is 0. The largest absolute Gasteiger partial charge is 0.320 e. The van der Waals surface area contributed by atoms with Crippen molar-refractivity contribution in [3.63, 3.8) is 0 Å². The highest BCUT2D eigenvalue weighted by Crippen LogP contribution is 2.25. The monoisotopic (exact) mass is 285 g/mol. The van der Waals surface area contributed by atoms with Crippen molar-refractivity contribution in [2.24, 2.45) is 0 Å². The zero-order valence-electron chi connectivity index (χ0n) is 14.2. The third-order valence-electron chi connectivity index (χ3n) is 4.14. The van der Waals surface area contributed by atoms with Crippen LogP contribution in [0.25, 0.3) is 5.69 Å². The van der Waals surface area contributed by atoms with Gasteiger partial charge in [-0.1, -0.05) is 17.7 Å². The third-order valence-corrected chi connectivity index (χ3v) is 4.14. The molecule has 0 saturated carbocycles. The minimum Gasteiger partial charge on any atom is -0.320 e. The van der Waals surface area contributed by atoms with Gasteiger partial charge in [-0.15, -0.1) is 0 Å². The first-order valence-corrected chi connectivity index (χ1v) is 7.73. The van der Waals surface area contributed by atoms with Crippen molar-refractivity contribution in [3.8, 4) is 5.69 Å². The zero-order valence-corrected chi connectivity index (χ0v) is 14.2. The van der Waals surface area contributed by atoms with Crippen LogP contribution in [0.5, 0.6) is 0 Å². The molecule has 1 N–H and O–H groups in total. The van der Waals surface area contributed by atoms with E-state index in [4.69, 9.17) is 5.10 Å². The van der Waals surface area contributed by atoms with E-state index in [1.54, 1.807) is 0 Å². The normalized spacial score (nSPS) is 11.1. The summed E-state index contributed by atoms with van der Waals surface area (Å²) in [6.45, 7) is 11.9. The second-order valence-electron chi connectivity index (χ2n) is 6.02. The molecule has 1 aromatic heterocycles. The Bertz CT molecular complexity index is 615. The van der Waals surface area contributed by atoms with Crippen LogP contribution in [0, 0.1) is 34.6 Å². The van der Waals surface area contributed by atoms with Crippen molar-refractivity contribution in [1.82, 2.24) is 15.1 Å². The molecule has 0 saturated heterocycles. The number of nitrogens with one attached hydrogen (secondary N) is 1. The topological polar surface area (TPSA) is 29.9 Å². The minimum atomic E-state index is 1.05. The van der Waals surface area contributed by atoms with Crippen LogP contribution in [0.4, 0.5) is 0 Å². The van der Waals surface area contributed by atoms with Crippen molar-refractivity contribution in [2.45, 2.75) is 47.5 Å². The van der Waals surface area contributed by atoms with Gasteiger partial charge in [0.2, 0.25) is 0 Å². The molecule has 0 aliphatic carbocycles. The van der Waals surface area contributed by atoms with E-state index in [0.717, 1.165) is 25.1 Å². The smallest absolute Gasteiger partial charge is 0.0707 e. The van der Waals surface area contributed by atoms with E-state index in [-0.39, 0.29) is 0 Å². The molecule has 0 bridgehead atoms. The zero-order chi connectivity index (χ0) is 15.6. The van der Waals surface area contributed by atoms with Gasteiger partial charge in [-0.05, 0) is 77.7 Å². The number of rotatable bonds is 5. The van der Waals surface area contributed by atoms with Gasteiger partial charge < -0.3 is 5.32 Å². The Morgan fingerprint density at radius 2 is 1.67 bits per heavy atom. The summed E-state index contributed by atoms with van der Waals surface area (Å²) in [5, 5.41) is 8.02. The first-order valence-electron chi connectivity index (χ1n) is 7.73. The van der Waals surface area contributed by atoms with Gasteiger partial charge in [-0.3, -0.25) is 0 Å². The maximum absolute atomic E-state index is 4.81. The highest BCUT2D eigenvalue weighted by atomic mass is 15.3. The summed E-state index contributed by atoms with van der Waals surface area (Å²) in [6, 6.07) is 4.47. The average Bonchev–Trinajstić information content (AvgIpc) is 2.66. The summed E-state index contributed by atoms with van der Waals surface area (Å²) in [5.74, 6) is 0. The van der Waals surface area contributed by atoms with Crippen LogP contribution in [-0.4, -0.2) is 23.4 Å². The van der Waals surface area contributed by atoms with Crippen LogP contribution in [0.3, 0.4) is 0 Å². The van der Waals surface area contributed by atoms with Gasteiger partial charge in [-0.2, -0.15) is 5.10 Å². The summed E-state index contributed by atoms with van der Waals surface area (Å²) in [4.78, 5) is 0. The van der Waals surface area contributed by atoms with Gasteiger partial charge in [-0.25, -0.2) is 4.68 Å². The Balaban J connectivity index is 2.44. The SMILES string of the molecule is CNCCCc1c(C)nn(-c2c(C)cc(C)cc2C)c1C. The maximum atomic E-state index is 4.81. The van der Waals surface area contributed by atoms with E-state index >= 15 is 0 Å². The van der Waals surface area contributed by atoms with E-state index in [2.05, 4.69) is 56.8 Å². The molecular weight excluding hydrogens is 258 g/mol. The fourth-order valence-corrected chi connectivity index (χ4v) is 3.20. The van der Waals surface area contributed by atoms with Gasteiger partial charge in [0.05, 0.1) is 11.4 Å². The predicted molar refractivity (Wildman–Crippen MR) is 89.5 cm³/mol. The number of hydrogen-bond donors (Lipinski definition) is 1. The summed E-state index contributed by atoms with van der Waals surface area (Å²) in [7, 11) is 2.00. The second kappa shape index (κ2) is 6.44. The summed E-state index contributed by atoms with van der Waals surface area (Å²) in [5.41, 5.74) is 8.96. The molecule has 114 valence electrons. The Labute approximate surface area is 128 Å². The molecule has 0 atom stereocenters. The molecule has 3 nitrogen and oxygen atoms in total. The van der Waals surface area contributed by atoms with Crippen molar-refractivity contribution in [3.05, 3.63) is 45.8 Å². The molecule has 0 aliphatic rings. The molecule has 0 aliphatic heterocycles. The number of aromatic nitrogens is 2. The van der Waals surface area contributed by atoms with Gasteiger partial charge in [0, 0.05) is 5.69 Å². The van der Waals surface area contributed by atoms with Gasteiger partial charge in [0.25, 0.3) is 0 Å².